The predicted molar refractivity (Wildman–Crippen MR) is 105 cm³/mol. The standard InChI is InChI=1S/C18H29N3O2S.ClH/c1-24(22,23)21-9-5-6-15(12-21)11-20-13-17(10-19)18(14-20)16-7-3-2-4-8-16;/h2-4,7-8,15,17-18H,5-6,9-14,19H2,1H3;1H/t15?,17-,18+;/m1./s1. The molecule has 2 saturated heterocycles. The van der Waals surface area contributed by atoms with E-state index in [9.17, 15) is 8.42 Å². The summed E-state index contributed by atoms with van der Waals surface area (Å²) in [7, 11) is -3.07. The van der Waals surface area contributed by atoms with Crippen molar-refractivity contribution in [2.45, 2.75) is 18.8 Å². The van der Waals surface area contributed by atoms with Gasteiger partial charge < -0.3 is 10.6 Å². The van der Waals surface area contributed by atoms with E-state index in [2.05, 4.69) is 35.2 Å². The number of sulfonamides is 1. The van der Waals surface area contributed by atoms with Crippen LogP contribution in [0, 0.1) is 11.8 Å². The van der Waals surface area contributed by atoms with E-state index in [1.54, 1.807) is 4.31 Å². The number of hydrogen-bond donors (Lipinski definition) is 1. The Labute approximate surface area is 158 Å². The third kappa shape index (κ3) is 5.17. The molecule has 25 heavy (non-hydrogen) atoms. The van der Waals surface area contributed by atoms with Gasteiger partial charge in [-0.15, -0.1) is 12.4 Å². The zero-order chi connectivity index (χ0) is 17.2. The summed E-state index contributed by atoms with van der Waals surface area (Å²) in [5.74, 6) is 1.41. The second-order valence-corrected chi connectivity index (χ2v) is 9.34. The first kappa shape index (κ1) is 20.6. The van der Waals surface area contributed by atoms with Gasteiger partial charge in [0.15, 0.2) is 0 Å². The summed E-state index contributed by atoms with van der Waals surface area (Å²) in [6.45, 7) is 5.07. The van der Waals surface area contributed by atoms with Crippen LogP contribution in [-0.2, 0) is 10.0 Å². The van der Waals surface area contributed by atoms with Crippen LogP contribution in [0.25, 0.3) is 0 Å². The van der Waals surface area contributed by atoms with Gasteiger partial charge in [-0.05, 0) is 36.8 Å². The number of benzene rings is 1. The molecule has 3 rings (SSSR count). The van der Waals surface area contributed by atoms with Crippen LogP contribution < -0.4 is 5.73 Å². The van der Waals surface area contributed by atoms with Crippen LogP contribution in [0.3, 0.4) is 0 Å². The van der Waals surface area contributed by atoms with Crippen molar-refractivity contribution in [1.82, 2.24) is 9.21 Å². The van der Waals surface area contributed by atoms with Crippen LogP contribution in [0.2, 0.25) is 0 Å². The molecule has 1 unspecified atom stereocenters. The maximum atomic E-state index is 11.8. The fourth-order valence-corrected chi connectivity index (χ4v) is 5.21. The molecule has 2 N–H and O–H groups in total. The molecule has 2 aliphatic heterocycles. The minimum atomic E-state index is -3.07. The van der Waals surface area contributed by atoms with E-state index < -0.39 is 10.0 Å². The van der Waals surface area contributed by atoms with Crippen LogP contribution in [-0.4, -0.2) is 63.1 Å². The zero-order valence-electron chi connectivity index (χ0n) is 14.9. The Morgan fingerprint density at radius 2 is 1.88 bits per heavy atom. The molecule has 0 spiro atoms. The van der Waals surface area contributed by atoms with Crippen molar-refractivity contribution in [3.05, 3.63) is 35.9 Å². The van der Waals surface area contributed by atoms with Crippen LogP contribution in [0.4, 0.5) is 0 Å². The molecule has 2 heterocycles. The van der Waals surface area contributed by atoms with Gasteiger partial charge in [-0.1, -0.05) is 30.3 Å². The van der Waals surface area contributed by atoms with Crippen molar-refractivity contribution >= 4 is 22.4 Å². The third-order valence-electron chi connectivity index (χ3n) is 5.51. The summed E-state index contributed by atoms with van der Waals surface area (Å²) in [5.41, 5.74) is 7.39. The van der Waals surface area contributed by atoms with E-state index in [4.69, 9.17) is 5.73 Å². The Morgan fingerprint density at radius 3 is 2.52 bits per heavy atom. The fourth-order valence-electron chi connectivity index (χ4n) is 4.27. The van der Waals surface area contributed by atoms with E-state index in [-0.39, 0.29) is 12.4 Å². The topological polar surface area (TPSA) is 66.6 Å². The molecule has 7 heteroatoms. The molecule has 0 radical (unpaired) electrons. The Bertz CT molecular complexity index is 641. The summed E-state index contributed by atoms with van der Waals surface area (Å²) in [6, 6.07) is 10.6. The number of hydrogen-bond acceptors (Lipinski definition) is 4. The van der Waals surface area contributed by atoms with Crippen molar-refractivity contribution in [1.29, 1.82) is 0 Å². The van der Waals surface area contributed by atoms with E-state index in [1.165, 1.54) is 11.8 Å². The summed E-state index contributed by atoms with van der Waals surface area (Å²) < 4.78 is 25.2. The fraction of sp³-hybridized carbons (Fsp3) is 0.667. The highest BCUT2D eigenvalue weighted by Gasteiger charge is 2.35. The van der Waals surface area contributed by atoms with Gasteiger partial charge in [0.05, 0.1) is 6.26 Å². The van der Waals surface area contributed by atoms with Gasteiger partial charge in [-0.2, -0.15) is 0 Å². The first-order valence-electron chi connectivity index (χ1n) is 8.90. The van der Waals surface area contributed by atoms with E-state index >= 15 is 0 Å². The molecule has 0 amide bonds. The van der Waals surface area contributed by atoms with Gasteiger partial charge in [0.1, 0.15) is 0 Å². The summed E-state index contributed by atoms with van der Waals surface area (Å²) >= 11 is 0. The lowest BCUT2D eigenvalue weighted by molar-refractivity contribution is 0.197. The van der Waals surface area contributed by atoms with Crippen LogP contribution in [0.5, 0.6) is 0 Å². The molecule has 1 aromatic carbocycles. The first-order chi connectivity index (χ1) is 11.5. The zero-order valence-corrected chi connectivity index (χ0v) is 16.5. The molecule has 142 valence electrons. The lowest BCUT2D eigenvalue weighted by Gasteiger charge is -2.33. The van der Waals surface area contributed by atoms with Crippen molar-refractivity contribution in [3.63, 3.8) is 0 Å². The summed E-state index contributed by atoms with van der Waals surface area (Å²) in [5, 5.41) is 0. The molecule has 2 fully saturated rings. The van der Waals surface area contributed by atoms with Crippen LogP contribution in [0.1, 0.15) is 24.3 Å². The third-order valence-corrected chi connectivity index (χ3v) is 6.78. The summed E-state index contributed by atoms with van der Waals surface area (Å²) in [4.78, 5) is 2.49. The Morgan fingerprint density at radius 1 is 1.16 bits per heavy atom. The molecule has 0 bridgehead atoms. The highest BCUT2D eigenvalue weighted by molar-refractivity contribution is 7.88. The maximum Gasteiger partial charge on any atom is 0.211 e. The lowest BCUT2D eigenvalue weighted by atomic mass is 9.89. The Kier molecular flexibility index (Phi) is 7.29. The van der Waals surface area contributed by atoms with Gasteiger partial charge in [0.2, 0.25) is 10.0 Å². The second kappa shape index (κ2) is 8.82. The van der Waals surface area contributed by atoms with E-state index in [0.717, 1.165) is 32.5 Å². The van der Waals surface area contributed by atoms with Gasteiger partial charge in [-0.3, -0.25) is 0 Å². The van der Waals surface area contributed by atoms with Crippen LogP contribution in [0.15, 0.2) is 30.3 Å². The molecule has 0 aliphatic carbocycles. The number of likely N-dealkylation sites (tertiary alicyclic amines) is 1. The Hall–Kier alpha value is -0.660. The van der Waals surface area contributed by atoms with E-state index in [0.29, 0.717) is 37.4 Å². The molecular formula is C18H30ClN3O2S. The normalized spacial score (nSPS) is 28.6. The van der Waals surface area contributed by atoms with Gasteiger partial charge in [-0.25, -0.2) is 12.7 Å². The molecule has 0 aromatic heterocycles. The molecule has 0 saturated carbocycles. The second-order valence-electron chi connectivity index (χ2n) is 7.36. The largest absolute Gasteiger partial charge is 0.330 e. The average Bonchev–Trinajstić information content (AvgIpc) is 2.98. The lowest BCUT2D eigenvalue weighted by Crippen LogP contribution is -2.43. The Balaban J connectivity index is 0.00000225. The van der Waals surface area contributed by atoms with Crippen molar-refractivity contribution in [2.24, 2.45) is 17.6 Å². The number of nitrogens with two attached hydrogens (primary N) is 1. The smallest absolute Gasteiger partial charge is 0.211 e. The first-order valence-corrected chi connectivity index (χ1v) is 10.7. The molecule has 3 atom stereocenters. The predicted octanol–water partition coefficient (Wildman–Crippen LogP) is 1.75. The van der Waals surface area contributed by atoms with Gasteiger partial charge in [0, 0.05) is 38.6 Å². The van der Waals surface area contributed by atoms with Crippen molar-refractivity contribution < 1.29 is 8.42 Å². The SMILES string of the molecule is CS(=O)(=O)N1CCCC(CN2C[C@@H](CN)[C@H](c3ccccc3)C2)C1.Cl. The van der Waals surface area contributed by atoms with E-state index in [1.807, 2.05) is 0 Å². The molecule has 1 aromatic rings. The average molecular weight is 388 g/mol. The van der Waals surface area contributed by atoms with Gasteiger partial charge >= 0.3 is 0 Å². The number of nitrogens with zero attached hydrogens (tertiary/aromatic N) is 2. The summed E-state index contributed by atoms with van der Waals surface area (Å²) in [6.07, 6.45) is 3.40. The quantitative estimate of drug-likeness (QED) is 0.835. The molecule has 2 aliphatic rings. The molecular weight excluding hydrogens is 358 g/mol. The maximum absolute atomic E-state index is 11.8. The number of rotatable bonds is 5. The highest BCUT2D eigenvalue weighted by Crippen LogP contribution is 2.33. The minimum Gasteiger partial charge on any atom is -0.330 e. The van der Waals surface area contributed by atoms with Crippen molar-refractivity contribution in [3.8, 4) is 0 Å². The van der Waals surface area contributed by atoms with Crippen LogP contribution >= 0.6 is 12.4 Å². The van der Waals surface area contributed by atoms with Crippen molar-refractivity contribution in [2.75, 3.05) is 45.5 Å². The number of halogens is 1. The number of piperidine rings is 1. The molecule has 5 nitrogen and oxygen atoms in total. The van der Waals surface area contributed by atoms with Gasteiger partial charge in [0.25, 0.3) is 0 Å². The minimum absolute atomic E-state index is 0. The monoisotopic (exact) mass is 387 g/mol. The highest BCUT2D eigenvalue weighted by atomic mass is 35.5.